The Morgan fingerprint density at radius 2 is 1.67 bits per heavy atom. The summed E-state index contributed by atoms with van der Waals surface area (Å²) in [7, 11) is 0. The molecule has 0 aliphatic heterocycles. The summed E-state index contributed by atoms with van der Waals surface area (Å²) in [6.07, 6.45) is -0.549. The van der Waals surface area contributed by atoms with Crippen molar-refractivity contribution in [3.8, 4) is 5.75 Å². The number of rotatable bonds is 4. The Bertz CT molecular complexity index is 629. The second-order valence-corrected chi connectivity index (χ2v) is 5.39. The lowest BCUT2D eigenvalue weighted by molar-refractivity contribution is -0.122. The number of ether oxygens (including phenoxy) is 1. The molecular weight excluding hydrogens is 262 g/mol. The second-order valence-electron chi connectivity index (χ2n) is 5.39. The maximum Gasteiger partial charge on any atom is 0.265 e. The van der Waals surface area contributed by atoms with Crippen molar-refractivity contribution in [2.24, 2.45) is 0 Å². The van der Waals surface area contributed by atoms with Crippen molar-refractivity contribution in [2.75, 3.05) is 5.32 Å². The van der Waals surface area contributed by atoms with Gasteiger partial charge in [-0.15, -0.1) is 0 Å². The van der Waals surface area contributed by atoms with Gasteiger partial charge in [-0.05, 0) is 62.6 Å². The minimum atomic E-state index is -0.549. The molecule has 1 amide bonds. The average molecular weight is 283 g/mol. The van der Waals surface area contributed by atoms with Crippen molar-refractivity contribution in [3.05, 3.63) is 59.2 Å². The molecular formula is C18H21NO2. The van der Waals surface area contributed by atoms with Gasteiger partial charge in [-0.3, -0.25) is 4.79 Å². The first-order valence-corrected chi connectivity index (χ1v) is 7.07. The molecule has 21 heavy (non-hydrogen) atoms. The van der Waals surface area contributed by atoms with Gasteiger partial charge in [-0.1, -0.05) is 24.3 Å². The molecule has 3 nitrogen and oxygen atoms in total. The highest BCUT2D eigenvalue weighted by Gasteiger charge is 2.15. The van der Waals surface area contributed by atoms with Gasteiger partial charge in [-0.2, -0.15) is 0 Å². The van der Waals surface area contributed by atoms with Crippen molar-refractivity contribution in [2.45, 2.75) is 33.8 Å². The third kappa shape index (κ3) is 4.09. The molecule has 1 N–H and O–H groups in total. The van der Waals surface area contributed by atoms with E-state index < -0.39 is 6.10 Å². The van der Waals surface area contributed by atoms with E-state index in [2.05, 4.69) is 11.4 Å². The molecule has 0 unspecified atom stereocenters. The molecule has 0 radical (unpaired) electrons. The summed E-state index contributed by atoms with van der Waals surface area (Å²) in [6, 6.07) is 13.7. The zero-order valence-corrected chi connectivity index (χ0v) is 12.9. The Hall–Kier alpha value is -2.29. The number of anilines is 1. The summed E-state index contributed by atoms with van der Waals surface area (Å²) in [5.74, 6) is 0.587. The summed E-state index contributed by atoms with van der Waals surface area (Å²) in [5, 5.41) is 2.90. The van der Waals surface area contributed by atoms with Crippen LogP contribution in [0.3, 0.4) is 0 Å². The summed E-state index contributed by atoms with van der Waals surface area (Å²) in [4.78, 5) is 12.2. The number of nitrogens with one attached hydrogen (secondary N) is 1. The molecule has 0 bridgehead atoms. The number of aryl methyl sites for hydroxylation is 3. The van der Waals surface area contributed by atoms with Crippen LogP contribution in [-0.2, 0) is 4.79 Å². The van der Waals surface area contributed by atoms with Crippen LogP contribution in [-0.4, -0.2) is 12.0 Å². The summed E-state index contributed by atoms with van der Waals surface area (Å²) < 4.78 is 5.73. The van der Waals surface area contributed by atoms with E-state index in [4.69, 9.17) is 4.74 Å². The van der Waals surface area contributed by atoms with Crippen LogP contribution in [0.25, 0.3) is 0 Å². The first-order valence-electron chi connectivity index (χ1n) is 7.07. The third-order valence-electron chi connectivity index (χ3n) is 3.26. The number of carbonyl (C=O) groups is 1. The molecule has 0 aliphatic carbocycles. The standard InChI is InChI=1S/C18H21NO2/c1-12-9-13(2)11-16(10-12)19-18(20)15(4)21-17-8-6-5-7-14(17)3/h5-11,15H,1-4H3,(H,19,20)/t15-/m1/s1. The Morgan fingerprint density at radius 3 is 2.29 bits per heavy atom. The van der Waals surface area contributed by atoms with E-state index in [1.807, 2.05) is 57.2 Å². The number of carbonyl (C=O) groups excluding carboxylic acids is 1. The molecule has 0 saturated heterocycles. The molecule has 0 saturated carbocycles. The van der Waals surface area contributed by atoms with Crippen molar-refractivity contribution < 1.29 is 9.53 Å². The highest BCUT2D eigenvalue weighted by Crippen LogP contribution is 2.19. The average Bonchev–Trinajstić information content (AvgIpc) is 2.40. The number of benzene rings is 2. The van der Waals surface area contributed by atoms with Gasteiger partial charge in [0.25, 0.3) is 5.91 Å². The van der Waals surface area contributed by atoms with Crippen LogP contribution in [0.2, 0.25) is 0 Å². The van der Waals surface area contributed by atoms with Crippen LogP contribution in [0.1, 0.15) is 23.6 Å². The van der Waals surface area contributed by atoms with E-state index in [-0.39, 0.29) is 5.91 Å². The molecule has 2 aromatic rings. The van der Waals surface area contributed by atoms with Crippen molar-refractivity contribution in [3.63, 3.8) is 0 Å². The Kier molecular flexibility index (Phi) is 4.63. The Morgan fingerprint density at radius 1 is 1.05 bits per heavy atom. The second kappa shape index (κ2) is 6.44. The fourth-order valence-electron chi connectivity index (χ4n) is 2.22. The monoisotopic (exact) mass is 283 g/mol. The van der Waals surface area contributed by atoms with Crippen LogP contribution < -0.4 is 10.1 Å². The maximum absolute atomic E-state index is 12.2. The van der Waals surface area contributed by atoms with E-state index >= 15 is 0 Å². The first kappa shape index (κ1) is 15.1. The highest BCUT2D eigenvalue weighted by molar-refractivity contribution is 5.94. The summed E-state index contributed by atoms with van der Waals surface area (Å²) in [5.41, 5.74) is 4.07. The SMILES string of the molecule is Cc1cc(C)cc(NC(=O)[C@@H](C)Oc2ccccc2C)c1. The Labute approximate surface area is 126 Å². The van der Waals surface area contributed by atoms with Crippen LogP contribution in [0, 0.1) is 20.8 Å². The highest BCUT2D eigenvalue weighted by atomic mass is 16.5. The third-order valence-corrected chi connectivity index (χ3v) is 3.26. The van der Waals surface area contributed by atoms with Gasteiger partial charge in [-0.25, -0.2) is 0 Å². The number of amides is 1. The number of para-hydroxylation sites is 1. The van der Waals surface area contributed by atoms with E-state index in [1.54, 1.807) is 6.92 Å². The summed E-state index contributed by atoms with van der Waals surface area (Å²) >= 11 is 0. The molecule has 110 valence electrons. The fraction of sp³-hybridized carbons (Fsp3) is 0.278. The Balaban J connectivity index is 2.04. The summed E-state index contributed by atoms with van der Waals surface area (Å²) in [6.45, 7) is 7.74. The van der Waals surface area contributed by atoms with Gasteiger partial charge in [0.1, 0.15) is 5.75 Å². The predicted molar refractivity (Wildman–Crippen MR) is 85.8 cm³/mol. The molecule has 1 atom stereocenters. The van der Waals surface area contributed by atoms with E-state index in [0.29, 0.717) is 0 Å². The lowest BCUT2D eigenvalue weighted by Crippen LogP contribution is -2.30. The molecule has 0 fully saturated rings. The first-order chi connectivity index (χ1) is 9.95. The van der Waals surface area contributed by atoms with Gasteiger partial charge < -0.3 is 10.1 Å². The molecule has 0 aromatic heterocycles. The van der Waals surface area contributed by atoms with Crippen LogP contribution in [0.15, 0.2) is 42.5 Å². The van der Waals surface area contributed by atoms with E-state index in [1.165, 1.54) is 0 Å². The van der Waals surface area contributed by atoms with Crippen molar-refractivity contribution >= 4 is 11.6 Å². The van der Waals surface area contributed by atoms with Crippen LogP contribution in [0.4, 0.5) is 5.69 Å². The lowest BCUT2D eigenvalue weighted by atomic mass is 10.1. The van der Waals surface area contributed by atoms with Gasteiger partial charge in [0, 0.05) is 5.69 Å². The largest absolute Gasteiger partial charge is 0.481 e. The molecule has 0 aliphatic rings. The van der Waals surface area contributed by atoms with Crippen LogP contribution >= 0.6 is 0 Å². The van der Waals surface area contributed by atoms with Crippen LogP contribution in [0.5, 0.6) is 5.75 Å². The molecule has 2 rings (SSSR count). The van der Waals surface area contributed by atoms with E-state index in [9.17, 15) is 4.79 Å². The van der Waals surface area contributed by atoms with Gasteiger partial charge in [0.05, 0.1) is 0 Å². The molecule has 0 heterocycles. The maximum atomic E-state index is 12.2. The topological polar surface area (TPSA) is 38.3 Å². The number of hydrogen-bond donors (Lipinski definition) is 1. The number of hydrogen-bond acceptors (Lipinski definition) is 2. The van der Waals surface area contributed by atoms with Gasteiger partial charge in [0.15, 0.2) is 6.10 Å². The zero-order valence-electron chi connectivity index (χ0n) is 12.9. The van der Waals surface area contributed by atoms with E-state index in [0.717, 1.165) is 28.1 Å². The van der Waals surface area contributed by atoms with Crippen molar-refractivity contribution in [1.29, 1.82) is 0 Å². The van der Waals surface area contributed by atoms with Gasteiger partial charge in [0.2, 0.25) is 0 Å². The normalized spacial score (nSPS) is 11.8. The molecule has 3 heteroatoms. The lowest BCUT2D eigenvalue weighted by Gasteiger charge is -2.16. The minimum absolute atomic E-state index is 0.150. The molecule has 0 spiro atoms. The molecule has 2 aromatic carbocycles. The smallest absolute Gasteiger partial charge is 0.265 e. The minimum Gasteiger partial charge on any atom is -0.481 e. The zero-order chi connectivity index (χ0) is 15.4. The van der Waals surface area contributed by atoms with Gasteiger partial charge >= 0.3 is 0 Å². The quantitative estimate of drug-likeness (QED) is 0.920. The fourth-order valence-corrected chi connectivity index (χ4v) is 2.22. The predicted octanol–water partition coefficient (Wildman–Crippen LogP) is 4.02. The van der Waals surface area contributed by atoms with Crippen molar-refractivity contribution in [1.82, 2.24) is 0 Å².